The molecule has 1 aromatic heterocycles. The molecule has 1 N–H and O–H groups in total. The van der Waals surface area contributed by atoms with Crippen LogP contribution in [-0.2, 0) is 0 Å². The summed E-state index contributed by atoms with van der Waals surface area (Å²) in [4.78, 5) is 19.0. The maximum absolute atomic E-state index is 11.1. The van der Waals surface area contributed by atoms with Crippen molar-refractivity contribution in [2.45, 2.75) is 40.5 Å². The number of H-pyrrole nitrogens is 1. The Kier molecular flexibility index (Phi) is 12.6. The van der Waals surface area contributed by atoms with E-state index in [1.807, 2.05) is 13.8 Å². The molecule has 94 valence electrons. The second kappa shape index (κ2) is 11.8. The van der Waals surface area contributed by atoms with Crippen molar-refractivity contribution in [1.29, 1.82) is 0 Å². The molecule has 0 fully saturated rings. The molecule has 16 heavy (non-hydrogen) atoms. The van der Waals surface area contributed by atoms with E-state index in [1.54, 1.807) is 14.1 Å². The van der Waals surface area contributed by atoms with Gasteiger partial charge in [-0.25, -0.2) is 4.98 Å². The van der Waals surface area contributed by atoms with E-state index in [9.17, 15) is 4.79 Å². The van der Waals surface area contributed by atoms with Gasteiger partial charge in [0.15, 0.2) is 0 Å². The molecule has 4 nitrogen and oxygen atoms in total. The lowest BCUT2D eigenvalue weighted by molar-refractivity contribution is 0.0822. The minimum absolute atomic E-state index is 0.0579. The van der Waals surface area contributed by atoms with Crippen molar-refractivity contribution in [3.8, 4) is 0 Å². The molecular formula is C12H25N3O. The maximum Gasteiger partial charge on any atom is 0.271 e. The van der Waals surface area contributed by atoms with Gasteiger partial charge in [0, 0.05) is 14.1 Å². The van der Waals surface area contributed by atoms with Gasteiger partial charge in [-0.15, -0.1) is 0 Å². The van der Waals surface area contributed by atoms with Gasteiger partial charge in [-0.3, -0.25) is 4.79 Å². The van der Waals surface area contributed by atoms with Crippen molar-refractivity contribution in [1.82, 2.24) is 14.9 Å². The van der Waals surface area contributed by atoms with Gasteiger partial charge in [-0.1, -0.05) is 40.5 Å². The second-order valence-corrected chi connectivity index (χ2v) is 3.16. The number of aromatic nitrogens is 2. The maximum atomic E-state index is 11.1. The summed E-state index contributed by atoms with van der Waals surface area (Å²) in [6.07, 6.45) is 5.62. The molecule has 0 saturated heterocycles. The van der Waals surface area contributed by atoms with Gasteiger partial charge >= 0.3 is 0 Å². The monoisotopic (exact) mass is 227 g/mol. The Hall–Kier alpha value is -1.32. The third-order valence-electron chi connectivity index (χ3n) is 1.63. The highest BCUT2D eigenvalue weighted by Gasteiger charge is 2.07. The Balaban J connectivity index is 0. The van der Waals surface area contributed by atoms with Crippen LogP contribution < -0.4 is 0 Å². The van der Waals surface area contributed by atoms with E-state index in [-0.39, 0.29) is 5.91 Å². The van der Waals surface area contributed by atoms with E-state index in [0.717, 1.165) is 0 Å². The fraction of sp³-hybridized carbons (Fsp3) is 0.667. The van der Waals surface area contributed by atoms with E-state index in [0.29, 0.717) is 5.69 Å². The third-order valence-corrected chi connectivity index (χ3v) is 1.63. The lowest BCUT2D eigenvalue weighted by Crippen LogP contribution is -2.21. The SMILES string of the molecule is CC.CCCC.CN(C)C(=O)c1cnc[nH]1. The number of unbranched alkanes of at least 4 members (excludes halogenated alkanes) is 1. The van der Waals surface area contributed by atoms with E-state index in [2.05, 4.69) is 23.8 Å². The number of hydrogen-bond donors (Lipinski definition) is 1. The predicted octanol–water partition coefficient (Wildman–Crippen LogP) is 2.94. The summed E-state index contributed by atoms with van der Waals surface area (Å²) in [7, 11) is 3.40. The molecule has 0 bridgehead atoms. The van der Waals surface area contributed by atoms with Crippen LogP contribution in [0.1, 0.15) is 51.0 Å². The van der Waals surface area contributed by atoms with Crippen molar-refractivity contribution in [2.24, 2.45) is 0 Å². The molecule has 0 radical (unpaired) electrons. The van der Waals surface area contributed by atoms with Gasteiger partial charge in [0.25, 0.3) is 5.91 Å². The standard InChI is InChI=1S/C6H9N3O.C4H10.C2H6/c1-9(2)6(10)5-3-7-4-8-5;1-3-4-2;1-2/h3-4H,1-2H3,(H,7,8);3-4H2,1-2H3;1-2H3. The summed E-state index contributed by atoms with van der Waals surface area (Å²) < 4.78 is 0. The van der Waals surface area contributed by atoms with Gasteiger partial charge in [0.1, 0.15) is 5.69 Å². The zero-order valence-electron chi connectivity index (χ0n) is 11.4. The van der Waals surface area contributed by atoms with E-state index in [4.69, 9.17) is 0 Å². The largest absolute Gasteiger partial charge is 0.343 e. The van der Waals surface area contributed by atoms with Crippen LogP contribution in [0.3, 0.4) is 0 Å². The highest BCUT2D eigenvalue weighted by Crippen LogP contribution is 1.93. The smallest absolute Gasteiger partial charge is 0.271 e. The molecule has 0 saturated carbocycles. The fourth-order valence-corrected chi connectivity index (χ4v) is 0.614. The average molecular weight is 227 g/mol. The number of carbonyl (C=O) groups is 1. The van der Waals surface area contributed by atoms with Crippen LogP contribution in [0.4, 0.5) is 0 Å². The first kappa shape index (κ1) is 17.1. The Morgan fingerprint density at radius 1 is 1.31 bits per heavy atom. The van der Waals surface area contributed by atoms with Crippen molar-refractivity contribution in [3.63, 3.8) is 0 Å². The van der Waals surface area contributed by atoms with Crippen LogP contribution in [0.25, 0.3) is 0 Å². The highest BCUT2D eigenvalue weighted by molar-refractivity contribution is 5.91. The number of aromatic amines is 1. The number of imidazole rings is 1. The van der Waals surface area contributed by atoms with Gasteiger partial charge in [-0.05, 0) is 0 Å². The number of rotatable bonds is 2. The third kappa shape index (κ3) is 8.03. The average Bonchev–Trinajstić information content (AvgIpc) is 2.84. The van der Waals surface area contributed by atoms with Crippen molar-refractivity contribution in [2.75, 3.05) is 14.1 Å². The molecule has 0 aromatic carbocycles. The van der Waals surface area contributed by atoms with Gasteiger partial charge in [0.05, 0.1) is 12.5 Å². The van der Waals surface area contributed by atoms with Crippen LogP contribution >= 0.6 is 0 Å². The van der Waals surface area contributed by atoms with E-state index in [1.165, 1.54) is 30.3 Å². The normalized spacial score (nSPS) is 8.12. The molecule has 0 atom stereocenters. The van der Waals surface area contributed by atoms with Crippen LogP contribution in [0.15, 0.2) is 12.5 Å². The van der Waals surface area contributed by atoms with Crippen molar-refractivity contribution in [3.05, 3.63) is 18.2 Å². The number of amides is 1. The second-order valence-electron chi connectivity index (χ2n) is 3.16. The number of hydrogen-bond acceptors (Lipinski definition) is 2. The van der Waals surface area contributed by atoms with Crippen LogP contribution in [0, 0.1) is 0 Å². The molecule has 0 aliphatic heterocycles. The predicted molar refractivity (Wildman–Crippen MR) is 68.5 cm³/mol. The summed E-state index contributed by atoms with van der Waals surface area (Å²) in [6, 6.07) is 0. The highest BCUT2D eigenvalue weighted by atomic mass is 16.2. The van der Waals surface area contributed by atoms with E-state index < -0.39 is 0 Å². The Morgan fingerprint density at radius 2 is 1.81 bits per heavy atom. The quantitative estimate of drug-likeness (QED) is 0.844. The summed E-state index contributed by atoms with van der Waals surface area (Å²) in [5.41, 5.74) is 0.519. The van der Waals surface area contributed by atoms with Crippen LogP contribution in [0.5, 0.6) is 0 Å². The summed E-state index contributed by atoms with van der Waals surface area (Å²) >= 11 is 0. The van der Waals surface area contributed by atoms with Crippen molar-refractivity contribution >= 4 is 5.91 Å². The van der Waals surface area contributed by atoms with E-state index >= 15 is 0 Å². The molecule has 0 unspecified atom stereocenters. The summed E-state index contributed by atoms with van der Waals surface area (Å²) in [5, 5.41) is 0. The zero-order chi connectivity index (χ0) is 13.0. The lowest BCUT2D eigenvalue weighted by atomic mass is 10.4. The molecule has 1 amide bonds. The zero-order valence-corrected chi connectivity index (χ0v) is 11.4. The molecule has 1 heterocycles. The Morgan fingerprint density at radius 3 is 2.06 bits per heavy atom. The minimum Gasteiger partial charge on any atom is -0.343 e. The van der Waals surface area contributed by atoms with Gasteiger partial charge < -0.3 is 9.88 Å². The van der Waals surface area contributed by atoms with Gasteiger partial charge in [-0.2, -0.15) is 0 Å². The first-order valence-corrected chi connectivity index (χ1v) is 5.83. The first-order valence-electron chi connectivity index (χ1n) is 5.83. The number of nitrogens with one attached hydrogen (secondary N) is 1. The topological polar surface area (TPSA) is 49.0 Å². The number of carbonyl (C=O) groups excluding carboxylic acids is 1. The fourth-order valence-electron chi connectivity index (χ4n) is 0.614. The number of nitrogens with zero attached hydrogens (tertiary/aromatic N) is 2. The molecule has 0 aliphatic carbocycles. The molecule has 1 rings (SSSR count). The molecule has 0 aliphatic rings. The summed E-state index contributed by atoms with van der Waals surface area (Å²) in [6.45, 7) is 8.36. The van der Waals surface area contributed by atoms with Gasteiger partial charge in [0.2, 0.25) is 0 Å². The Labute approximate surface area is 99.1 Å². The minimum atomic E-state index is -0.0579. The molecule has 1 aromatic rings. The van der Waals surface area contributed by atoms with Crippen molar-refractivity contribution < 1.29 is 4.79 Å². The first-order chi connectivity index (χ1) is 7.63. The van der Waals surface area contributed by atoms with Crippen LogP contribution in [0.2, 0.25) is 0 Å². The summed E-state index contributed by atoms with van der Waals surface area (Å²) in [5.74, 6) is -0.0579. The molecule has 0 spiro atoms. The van der Waals surface area contributed by atoms with Crippen LogP contribution in [-0.4, -0.2) is 34.9 Å². The Bertz CT molecular complexity index is 241. The molecular weight excluding hydrogens is 202 g/mol. The lowest BCUT2D eigenvalue weighted by Gasteiger charge is -2.06. The molecule has 4 heteroatoms.